The van der Waals surface area contributed by atoms with Crippen molar-refractivity contribution < 1.29 is 19.4 Å². The van der Waals surface area contributed by atoms with Gasteiger partial charge < -0.3 is 9.84 Å². The fourth-order valence-electron chi connectivity index (χ4n) is 3.20. The number of phenolic OH excluding ortho intramolecular Hbond substituents is 1. The van der Waals surface area contributed by atoms with Gasteiger partial charge in [0.15, 0.2) is 0 Å². The highest BCUT2D eigenvalue weighted by atomic mass is 79.9. The van der Waals surface area contributed by atoms with E-state index in [1.165, 1.54) is 6.07 Å². The lowest BCUT2D eigenvalue weighted by molar-refractivity contribution is -0.142. The van der Waals surface area contributed by atoms with Crippen LogP contribution in [0.15, 0.2) is 46.9 Å². The Hall–Kier alpha value is -2.60. The molecule has 0 saturated heterocycles. The zero-order valence-electron chi connectivity index (χ0n) is 15.9. The SMILES string of the molecule is CCCCOC(=O)Cc1c(C)n(C(=O)c2ccc(Br)cc2)c2ccc(O)cc12. The van der Waals surface area contributed by atoms with Gasteiger partial charge in [0.2, 0.25) is 0 Å². The molecule has 0 saturated carbocycles. The van der Waals surface area contributed by atoms with Crippen molar-refractivity contribution in [2.75, 3.05) is 6.61 Å². The Morgan fingerprint density at radius 3 is 2.54 bits per heavy atom. The fourth-order valence-corrected chi connectivity index (χ4v) is 3.47. The lowest BCUT2D eigenvalue weighted by atomic mass is 10.1. The van der Waals surface area contributed by atoms with Gasteiger partial charge in [-0.3, -0.25) is 14.2 Å². The minimum Gasteiger partial charge on any atom is -0.508 e. The summed E-state index contributed by atoms with van der Waals surface area (Å²) in [7, 11) is 0. The Morgan fingerprint density at radius 2 is 1.86 bits per heavy atom. The van der Waals surface area contributed by atoms with Crippen LogP contribution < -0.4 is 0 Å². The molecular weight excluding hydrogens is 422 g/mol. The van der Waals surface area contributed by atoms with Crippen LogP contribution in [0.25, 0.3) is 10.9 Å². The maximum Gasteiger partial charge on any atom is 0.310 e. The smallest absolute Gasteiger partial charge is 0.310 e. The highest BCUT2D eigenvalue weighted by Gasteiger charge is 2.22. The summed E-state index contributed by atoms with van der Waals surface area (Å²) in [5.74, 6) is -0.442. The molecule has 1 heterocycles. The Morgan fingerprint density at radius 1 is 1.14 bits per heavy atom. The number of carbonyl (C=O) groups is 2. The number of esters is 1. The average Bonchev–Trinajstić information content (AvgIpc) is 2.93. The van der Waals surface area contributed by atoms with Crippen molar-refractivity contribution in [1.82, 2.24) is 4.57 Å². The molecule has 0 radical (unpaired) electrons. The topological polar surface area (TPSA) is 68.5 Å². The van der Waals surface area contributed by atoms with Crippen LogP contribution in [0.5, 0.6) is 5.75 Å². The average molecular weight is 444 g/mol. The van der Waals surface area contributed by atoms with Gasteiger partial charge in [0.05, 0.1) is 18.5 Å². The summed E-state index contributed by atoms with van der Waals surface area (Å²) in [6, 6.07) is 11.9. The molecule has 1 N–H and O–H groups in total. The van der Waals surface area contributed by atoms with Crippen molar-refractivity contribution in [2.24, 2.45) is 0 Å². The Balaban J connectivity index is 2.04. The van der Waals surface area contributed by atoms with Gasteiger partial charge in [0.25, 0.3) is 5.91 Å². The third kappa shape index (κ3) is 4.12. The van der Waals surface area contributed by atoms with Crippen molar-refractivity contribution in [3.05, 3.63) is 63.8 Å². The minimum absolute atomic E-state index is 0.0517. The van der Waals surface area contributed by atoms with Gasteiger partial charge in [-0.15, -0.1) is 0 Å². The van der Waals surface area contributed by atoms with Crippen molar-refractivity contribution in [3.8, 4) is 5.75 Å². The largest absolute Gasteiger partial charge is 0.508 e. The molecular formula is C22H22BrNO4. The zero-order valence-corrected chi connectivity index (χ0v) is 17.5. The van der Waals surface area contributed by atoms with E-state index in [0.29, 0.717) is 34.3 Å². The van der Waals surface area contributed by atoms with E-state index < -0.39 is 0 Å². The predicted molar refractivity (Wildman–Crippen MR) is 112 cm³/mol. The second kappa shape index (κ2) is 8.61. The molecule has 0 amide bonds. The van der Waals surface area contributed by atoms with Crippen LogP contribution in [0.3, 0.4) is 0 Å². The molecule has 0 fully saturated rings. The van der Waals surface area contributed by atoms with Crippen molar-refractivity contribution in [3.63, 3.8) is 0 Å². The summed E-state index contributed by atoms with van der Waals surface area (Å²) in [6.07, 6.45) is 1.81. The molecule has 28 heavy (non-hydrogen) atoms. The molecule has 2 aromatic carbocycles. The van der Waals surface area contributed by atoms with Gasteiger partial charge >= 0.3 is 5.97 Å². The van der Waals surface area contributed by atoms with Gasteiger partial charge in [-0.1, -0.05) is 29.3 Å². The van der Waals surface area contributed by atoms with E-state index in [4.69, 9.17) is 4.74 Å². The third-order valence-corrected chi connectivity index (χ3v) is 5.22. The maximum absolute atomic E-state index is 13.2. The van der Waals surface area contributed by atoms with E-state index >= 15 is 0 Å². The molecule has 3 rings (SSSR count). The number of halogens is 1. The number of fused-ring (bicyclic) bond motifs is 1. The first-order valence-corrected chi connectivity index (χ1v) is 10.0. The van der Waals surface area contributed by atoms with Crippen molar-refractivity contribution in [2.45, 2.75) is 33.1 Å². The molecule has 5 nitrogen and oxygen atoms in total. The lowest BCUT2D eigenvalue weighted by Gasteiger charge is -2.08. The van der Waals surface area contributed by atoms with Crippen LogP contribution in [-0.2, 0) is 16.0 Å². The summed E-state index contributed by atoms with van der Waals surface area (Å²) < 4.78 is 7.76. The molecule has 0 aliphatic carbocycles. The molecule has 0 aliphatic heterocycles. The van der Waals surface area contributed by atoms with E-state index in [1.807, 2.05) is 26.0 Å². The Kier molecular flexibility index (Phi) is 6.19. The van der Waals surface area contributed by atoms with Gasteiger partial charge in [-0.2, -0.15) is 0 Å². The summed E-state index contributed by atoms with van der Waals surface area (Å²) in [4.78, 5) is 25.4. The molecule has 1 aromatic heterocycles. The van der Waals surface area contributed by atoms with E-state index in [-0.39, 0.29) is 24.0 Å². The van der Waals surface area contributed by atoms with Crippen LogP contribution in [0.4, 0.5) is 0 Å². The zero-order chi connectivity index (χ0) is 20.3. The van der Waals surface area contributed by atoms with Crippen LogP contribution in [0.2, 0.25) is 0 Å². The minimum atomic E-state index is -0.338. The molecule has 3 aromatic rings. The summed E-state index contributed by atoms with van der Waals surface area (Å²) >= 11 is 3.37. The standard InChI is InChI=1S/C22H22BrNO4/c1-3-4-11-28-21(26)13-18-14(2)24(20-10-9-17(25)12-19(18)20)22(27)15-5-7-16(23)8-6-15/h5-10,12,25H,3-4,11,13H2,1-2H3. The first-order chi connectivity index (χ1) is 13.4. The number of rotatable bonds is 6. The molecule has 0 spiro atoms. The third-order valence-electron chi connectivity index (χ3n) is 4.69. The summed E-state index contributed by atoms with van der Waals surface area (Å²) in [6.45, 7) is 4.22. The number of carbonyl (C=O) groups excluding carboxylic acids is 2. The number of ether oxygens (including phenoxy) is 1. The van der Waals surface area contributed by atoms with Crippen molar-refractivity contribution >= 4 is 38.7 Å². The highest BCUT2D eigenvalue weighted by Crippen LogP contribution is 2.30. The maximum atomic E-state index is 13.2. The van der Waals surface area contributed by atoms with E-state index in [2.05, 4.69) is 15.9 Å². The first kappa shape index (κ1) is 20.1. The number of aromatic hydroxyl groups is 1. The number of aromatic nitrogens is 1. The molecule has 0 aliphatic rings. The normalized spacial score (nSPS) is 11.0. The number of hydrogen-bond acceptors (Lipinski definition) is 4. The van der Waals surface area contributed by atoms with Gasteiger partial charge in [0, 0.05) is 21.1 Å². The van der Waals surface area contributed by atoms with E-state index in [9.17, 15) is 14.7 Å². The summed E-state index contributed by atoms with van der Waals surface area (Å²) in [5.41, 5.74) is 2.55. The van der Waals surface area contributed by atoms with E-state index in [0.717, 1.165) is 17.3 Å². The van der Waals surface area contributed by atoms with E-state index in [1.54, 1.807) is 28.8 Å². The molecule has 6 heteroatoms. The number of phenols is 1. The second-order valence-corrected chi connectivity index (χ2v) is 7.58. The quantitative estimate of drug-likeness (QED) is 0.430. The fraction of sp³-hybridized carbons (Fsp3) is 0.273. The van der Waals surface area contributed by atoms with Crippen LogP contribution in [0, 0.1) is 6.92 Å². The summed E-state index contributed by atoms with van der Waals surface area (Å²) in [5, 5.41) is 10.6. The van der Waals surface area contributed by atoms with Gasteiger partial charge in [0.1, 0.15) is 5.75 Å². The molecule has 146 valence electrons. The van der Waals surface area contributed by atoms with Gasteiger partial charge in [-0.05, 0) is 61.4 Å². The van der Waals surface area contributed by atoms with Crippen LogP contribution in [-0.4, -0.2) is 28.2 Å². The van der Waals surface area contributed by atoms with Gasteiger partial charge in [-0.25, -0.2) is 0 Å². The monoisotopic (exact) mass is 443 g/mol. The number of benzene rings is 2. The lowest BCUT2D eigenvalue weighted by Crippen LogP contribution is -2.14. The predicted octanol–water partition coefficient (Wildman–Crippen LogP) is 4.99. The second-order valence-electron chi connectivity index (χ2n) is 6.66. The highest BCUT2D eigenvalue weighted by molar-refractivity contribution is 9.10. The molecule has 0 atom stereocenters. The van der Waals surface area contributed by atoms with Crippen molar-refractivity contribution in [1.29, 1.82) is 0 Å². The Labute approximate surface area is 172 Å². The number of unbranched alkanes of at least 4 members (excludes halogenated alkanes) is 1. The van der Waals surface area contributed by atoms with Crippen LogP contribution in [0.1, 0.15) is 41.4 Å². The number of hydrogen-bond donors (Lipinski definition) is 1. The first-order valence-electron chi connectivity index (χ1n) is 9.21. The molecule has 0 unspecified atom stereocenters. The number of nitrogens with zero attached hydrogens (tertiary/aromatic N) is 1. The Bertz CT molecular complexity index is 1020. The van der Waals surface area contributed by atoms with Crippen LogP contribution >= 0.6 is 15.9 Å². The molecule has 0 bridgehead atoms.